The largest absolute Gasteiger partial charge is 0.474 e. The van der Waals surface area contributed by atoms with E-state index in [1.54, 1.807) is 13.0 Å². The number of nitro benzene ring substituents is 1. The second kappa shape index (κ2) is 4.91. The second-order valence-electron chi connectivity index (χ2n) is 3.68. The Kier molecular flexibility index (Phi) is 3.31. The van der Waals surface area contributed by atoms with Crippen LogP contribution >= 0.6 is 0 Å². The summed E-state index contributed by atoms with van der Waals surface area (Å²) in [5, 5.41) is 13.6. The molecule has 0 amide bonds. The molecular formula is C11H12N2O5. The Labute approximate surface area is 103 Å². The van der Waals surface area contributed by atoms with Crippen LogP contribution in [0.1, 0.15) is 6.92 Å². The maximum atomic E-state index is 11.5. The summed E-state index contributed by atoms with van der Waals surface area (Å²) < 4.78 is 10.2. The number of hydrogen-bond donors (Lipinski definition) is 1. The minimum atomic E-state index is -0.778. The van der Waals surface area contributed by atoms with Gasteiger partial charge in [0, 0.05) is 6.07 Å². The van der Waals surface area contributed by atoms with Crippen molar-refractivity contribution in [3.8, 4) is 5.75 Å². The van der Waals surface area contributed by atoms with Crippen LogP contribution in [0.15, 0.2) is 18.2 Å². The fourth-order valence-electron chi connectivity index (χ4n) is 1.63. The Hall–Kier alpha value is -2.31. The Balaban J connectivity index is 2.19. The lowest BCUT2D eigenvalue weighted by Crippen LogP contribution is -2.38. The van der Waals surface area contributed by atoms with Crippen molar-refractivity contribution in [1.82, 2.24) is 0 Å². The molecule has 1 aromatic carbocycles. The maximum absolute atomic E-state index is 11.5. The van der Waals surface area contributed by atoms with Crippen molar-refractivity contribution in [3.05, 3.63) is 28.3 Å². The highest BCUT2D eigenvalue weighted by Gasteiger charge is 2.28. The van der Waals surface area contributed by atoms with Gasteiger partial charge in [0.2, 0.25) is 6.10 Å². The number of rotatable bonds is 3. The molecule has 1 aromatic rings. The molecule has 0 bridgehead atoms. The standard InChI is InChI=1S/C11H12N2O5/c1-2-17-11(14)10-6-12-8-4-3-7(13(15)16)5-9(8)18-10/h3-5,10,12H,2,6H2,1H3. The van der Waals surface area contributed by atoms with Crippen LogP contribution in [-0.4, -0.2) is 30.1 Å². The van der Waals surface area contributed by atoms with Crippen molar-refractivity contribution in [2.24, 2.45) is 0 Å². The number of fused-ring (bicyclic) bond motifs is 1. The van der Waals surface area contributed by atoms with Crippen molar-refractivity contribution in [2.75, 3.05) is 18.5 Å². The number of nitrogens with zero attached hydrogens (tertiary/aromatic N) is 1. The van der Waals surface area contributed by atoms with Crippen LogP contribution < -0.4 is 10.1 Å². The van der Waals surface area contributed by atoms with Gasteiger partial charge in [0.05, 0.1) is 29.8 Å². The zero-order valence-electron chi connectivity index (χ0n) is 9.71. The van der Waals surface area contributed by atoms with E-state index in [1.807, 2.05) is 0 Å². The maximum Gasteiger partial charge on any atom is 0.349 e. The van der Waals surface area contributed by atoms with E-state index in [4.69, 9.17) is 9.47 Å². The number of ether oxygens (including phenoxy) is 2. The van der Waals surface area contributed by atoms with Crippen LogP contribution in [0, 0.1) is 10.1 Å². The zero-order chi connectivity index (χ0) is 13.1. The van der Waals surface area contributed by atoms with E-state index in [1.165, 1.54) is 12.1 Å². The molecule has 96 valence electrons. The van der Waals surface area contributed by atoms with E-state index >= 15 is 0 Å². The molecule has 1 aliphatic rings. The third-order valence-electron chi connectivity index (χ3n) is 2.47. The van der Waals surface area contributed by atoms with Crippen LogP contribution in [0.3, 0.4) is 0 Å². The van der Waals surface area contributed by atoms with Crippen LogP contribution in [0.4, 0.5) is 11.4 Å². The molecule has 0 spiro atoms. The lowest BCUT2D eigenvalue weighted by Gasteiger charge is -2.25. The number of non-ortho nitro benzene ring substituents is 1. The summed E-state index contributed by atoms with van der Waals surface area (Å²) in [6, 6.07) is 4.21. The molecule has 1 atom stereocenters. The van der Waals surface area contributed by atoms with E-state index in [9.17, 15) is 14.9 Å². The quantitative estimate of drug-likeness (QED) is 0.495. The van der Waals surface area contributed by atoms with Crippen LogP contribution in [0.2, 0.25) is 0 Å². The number of carbonyl (C=O) groups excluding carboxylic acids is 1. The van der Waals surface area contributed by atoms with Gasteiger partial charge in [0.25, 0.3) is 5.69 Å². The summed E-state index contributed by atoms with van der Waals surface area (Å²) in [5.41, 5.74) is 0.543. The minimum Gasteiger partial charge on any atom is -0.474 e. The van der Waals surface area contributed by atoms with Gasteiger partial charge in [0.15, 0.2) is 5.75 Å². The average Bonchev–Trinajstić information content (AvgIpc) is 2.37. The smallest absolute Gasteiger partial charge is 0.349 e. The summed E-state index contributed by atoms with van der Waals surface area (Å²) >= 11 is 0. The fraction of sp³-hybridized carbons (Fsp3) is 0.364. The first-order chi connectivity index (χ1) is 8.61. The lowest BCUT2D eigenvalue weighted by molar-refractivity contribution is -0.384. The predicted molar refractivity (Wildman–Crippen MR) is 62.6 cm³/mol. The highest BCUT2D eigenvalue weighted by molar-refractivity contribution is 5.78. The topological polar surface area (TPSA) is 90.7 Å². The first kappa shape index (κ1) is 12.2. The van der Waals surface area contributed by atoms with Gasteiger partial charge in [-0.1, -0.05) is 0 Å². The molecular weight excluding hydrogens is 240 g/mol. The Morgan fingerprint density at radius 2 is 2.44 bits per heavy atom. The van der Waals surface area contributed by atoms with Gasteiger partial charge >= 0.3 is 5.97 Å². The van der Waals surface area contributed by atoms with Crippen molar-refractivity contribution in [2.45, 2.75) is 13.0 Å². The molecule has 1 heterocycles. The van der Waals surface area contributed by atoms with E-state index in [0.29, 0.717) is 5.69 Å². The Morgan fingerprint density at radius 3 is 3.11 bits per heavy atom. The van der Waals surface area contributed by atoms with Gasteiger partial charge in [-0.3, -0.25) is 10.1 Å². The van der Waals surface area contributed by atoms with E-state index in [-0.39, 0.29) is 24.6 Å². The molecule has 18 heavy (non-hydrogen) atoms. The normalized spacial score (nSPS) is 17.1. The van der Waals surface area contributed by atoms with Gasteiger partial charge < -0.3 is 14.8 Å². The number of benzene rings is 1. The first-order valence-corrected chi connectivity index (χ1v) is 5.47. The zero-order valence-corrected chi connectivity index (χ0v) is 9.71. The molecule has 0 fully saturated rings. The molecule has 7 nitrogen and oxygen atoms in total. The number of esters is 1. The van der Waals surface area contributed by atoms with Gasteiger partial charge in [0.1, 0.15) is 0 Å². The van der Waals surface area contributed by atoms with Crippen molar-refractivity contribution in [1.29, 1.82) is 0 Å². The number of nitro groups is 1. The van der Waals surface area contributed by atoms with Crippen molar-refractivity contribution < 1.29 is 19.2 Å². The van der Waals surface area contributed by atoms with Crippen LogP contribution in [0.5, 0.6) is 5.75 Å². The molecule has 0 aliphatic carbocycles. The number of nitrogens with one attached hydrogen (secondary N) is 1. The lowest BCUT2D eigenvalue weighted by atomic mass is 10.2. The Morgan fingerprint density at radius 1 is 1.67 bits per heavy atom. The van der Waals surface area contributed by atoms with E-state index in [0.717, 1.165) is 0 Å². The van der Waals surface area contributed by atoms with Crippen molar-refractivity contribution in [3.63, 3.8) is 0 Å². The molecule has 0 saturated carbocycles. The molecule has 0 saturated heterocycles. The summed E-state index contributed by atoms with van der Waals surface area (Å²) in [5.74, 6) is -0.198. The molecule has 1 aliphatic heterocycles. The summed E-state index contributed by atoms with van der Waals surface area (Å²) in [6.07, 6.45) is -0.778. The summed E-state index contributed by atoms with van der Waals surface area (Å²) in [6.45, 7) is 2.25. The van der Waals surface area contributed by atoms with E-state index < -0.39 is 17.0 Å². The summed E-state index contributed by atoms with van der Waals surface area (Å²) in [4.78, 5) is 21.6. The number of carbonyl (C=O) groups is 1. The highest BCUT2D eigenvalue weighted by Crippen LogP contribution is 2.32. The molecule has 7 heteroatoms. The third kappa shape index (κ3) is 2.34. The molecule has 1 unspecified atom stereocenters. The monoisotopic (exact) mass is 252 g/mol. The van der Waals surface area contributed by atoms with Crippen LogP contribution in [0.25, 0.3) is 0 Å². The number of hydrogen-bond acceptors (Lipinski definition) is 6. The third-order valence-corrected chi connectivity index (χ3v) is 2.47. The van der Waals surface area contributed by atoms with Crippen molar-refractivity contribution >= 4 is 17.3 Å². The van der Waals surface area contributed by atoms with Gasteiger partial charge in [-0.15, -0.1) is 0 Å². The average molecular weight is 252 g/mol. The fourth-order valence-corrected chi connectivity index (χ4v) is 1.63. The first-order valence-electron chi connectivity index (χ1n) is 5.47. The molecule has 0 radical (unpaired) electrons. The highest BCUT2D eigenvalue weighted by atomic mass is 16.6. The second-order valence-corrected chi connectivity index (χ2v) is 3.68. The van der Waals surface area contributed by atoms with Gasteiger partial charge in [-0.05, 0) is 13.0 Å². The molecule has 0 aromatic heterocycles. The SMILES string of the molecule is CCOC(=O)C1CNc2ccc([N+](=O)[O-])cc2O1. The van der Waals surface area contributed by atoms with Crippen LogP contribution in [-0.2, 0) is 9.53 Å². The minimum absolute atomic E-state index is 0.0833. The van der Waals surface area contributed by atoms with E-state index in [2.05, 4.69) is 5.32 Å². The Bertz CT molecular complexity index is 488. The van der Waals surface area contributed by atoms with Gasteiger partial charge in [-0.2, -0.15) is 0 Å². The molecule has 2 rings (SSSR count). The summed E-state index contributed by atoms with van der Waals surface area (Å²) in [7, 11) is 0. The van der Waals surface area contributed by atoms with Gasteiger partial charge in [-0.25, -0.2) is 4.79 Å². The predicted octanol–water partition coefficient (Wildman–Crippen LogP) is 1.33. The number of anilines is 1. The molecule has 1 N–H and O–H groups in total.